The summed E-state index contributed by atoms with van der Waals surface area (Å²) in [5, 5.41) is 3.05. The summed E-state index contributed by atoms with van der Waals surface area (Å²) in [4.78, 5) is 26.2. The van der Waals surface area contributed by atoms with Crippen LogP contribution >= 0.6 is 11.6 Å². The van der Waals surface area contributed by atoms with E-state index >= 15 is 0 Å². The van der Waals surface area contributed by atoms with E-state index in [1.165, 1.54) is 6.08 Å². The highest BCUT2D eigenvalue weighted by atomic mass is 35.5. The molecule has 0 fully saturated rings. The number of benzene rings is 2. The molecule has 2 aromatic carbocycles. The predicted molar refractivity (Wildman–Crippen MR) is 109 cm³/mol. The maximum atomic E-state index is 12.4. The van der Waals surface area contributed by atoms with E-state index in [9.17, 15) is 9.59 Å². The summed E-state index contributed by atoms with van der Waals surface area (Å²) >= 11 is 6.24. The number of amides is 2. The van der Waals surface area contributed by atoms with Gasteiger partial charge in [-0.3, -0.25) is 9.59 Å². The van der Waals surface area contributed by atoms with Crippen LogP contribution < -0.4 is 10.1 Å². The molecule has 2 aromatic rings. The van der Waals surface area contributed by atoms with Gasteiger partial charge in [-0.1, -0.05) is 23.7 Å². The van der Waals surface area contributed by atoms with Crippen LogP contribution in [-0.2, 0) is 4.79 Å². The number of methoxy groups -OCH3 is 1. The van der Waals surface area contributed by atoms with Crippen LogP contribution in [0.5, 0.6) is 5.75 Å². The molecular weight excluding hydrogens is 364 g/mol. The number of ether oxygens (including phenoxy) is 1. The molecule has 0 aliphatic carbocycles. The monoisotopic (exact) mass is 386 g/mol. The Balaban J connectivity index is 2.06. The second-order valence-corrected chi connectivity index (χ2v) is 6.18. The lowest BCUT2D eigenvalue weighted by atomic mass is 10.1. The van der Waals surface area contributed by atoms with Crippen molar-refractivity contribution in [1.82, 2.24) is 4.90 Å². The molecule has 142 valence electrons. The van der Waals surface area contributed by atoms with Crippen molar-refractivity contribution in [2.24, 2.45) is 0 Å². The molecule has 0 aromatic heterocycles. The van der Waals surface area contributed by atoms with Crippen molar-refractivity contribution in [3.8, 4) is 5.75 Å². The van der Waals surface area contributed by atoms with Crippen LogP contribution in [0.25, 0.3) is 6.08 Å². The Morgan fingerprint density at radius 1 is 1.15 bits per heavy atom. The molecule has 0 unspecified atom stereocenters. The fourth-order valence-corrected chi connectivity index (χ4v) is 2.81. The lowest BCUT2D eigenvalue weighted by molar-refractivity contribution is -0.111. The third kappa shape index (κ3) is 5.59. The number of anilines is 1. The first kappa shape index (κ1) is 20.5. The van der Waals surface area contributed by atoms with Gasteiger partial charge in [0.15, 0.2) is 0 Å². The predicted octanol–water partition coefficient (Wildman–Crippen LogP) is 4.48. The van der Waals surface area contributed by atoms with Crippen molar-refractivity contribution in [1.29, 1.82) is 0 Å². The maximum absolute atomic E-state index is 12.4. The number of hydrogen-bond acceptors (Lipinski definition) is 3. The largest absolute Gasteiger partial charge is 0.497 e. The van der Waals surface area contributed by atoms with E-state index in [4.69, 9.17) is 16.3 Å². The standard InChI is InChI=1S/C21H23ClN2O3/c1-4-24(5-2)21(26)18-11-10-16(14-19(18)22)23-20(25)12-9-15-7-6-8-17(13-15)27-3/h6-14H,4-5H2,1-3H3,(H,23,25)/b12-9+. The second-order valence-electron chi connectivity index (χ2n) is 5.77. The molecule has 6 heteroatoms. The van der Waals surface area contributed by atoms with Gasteiger partial charge in [0.1, 0.15) is 5.75 Å². The molecule has 0 spiro atoms. The van der Waals surface area contributed by atoms with Gasteiger partial charge < -0.3 is 15.0 Å². The molecule has 0 saturated heterocycles. The summed E-state index contributed by atoms with van der Waals surface area (Å²) in [5.74, 6) is 0.301. The quantitative estimate of drug-likeness (QED) is 0.713. The molecular formula is C21H23ClN2O3. The molecule has 0 heterocycles. The molecule has 0 bridgehead atoms. The number of nitrogens with one attached hydrogen (secondary N) is 1. The number of halogens is 1. The van der Waals surface area contributed by atoms with Crippen LogP contribution in [0.1, 0.15) is 29.8 Å². The zero-order valence-corrected chi connectivity index (χ0v) is 16.4. The number of carbonyl (C=O) groups excluding carboxylic acids is 2. The van der Waals surface area contributed by atoms with Crippen molar-refractivity contribution in [2.45, 2.75) is 13.8 Å². The highest BCUT2D eigenvalue weighted by Gasteiger charge is 2.16. The Morgan fingerprint density at radius 2 is 1.89 bits per heavy atom. The molecule has 2 rings (SSSR count). The smallest absolute Gasteiger partial charge is 0.255 e. The maximum Gasteiger partial charge on any atom is 0.255 e. The second kappa shape index (κ2) is 9.78. The van der Waals surface area contributed by atoms with Gasteiger partial charge >= 0.3 is 0 Å². The molecule has 0 aliphatic rings. The van der Waals surface area contributed by atoms with Crippen molar-refractivity contribution >= 4 is 35.2 Å². The Labute approximate surface area is 164 Å². The summed E-state index contributed by atoms with van der Waals surface area (Å²) in [7, 11) is 1.59. The first-order chi connectivity index (χ1) is 13.0. The SMILES string of the molecule is CCN(CC)C(=O)c1ccc(NC(=O)/C=C/c2cccc(OC)c2)cc1Cl. The van der Waals surface area contributed by atoms with Crippen LogP contribution in [0.4, 0.5) is 5.69 Å². The lowest BCUT2D eigenvalue weighted by Gasteiger charge is -2.19. The Bertz CT molecular complexity index is 845. The van der Waals surface area contributed by atoms with Crippen LogP contribution in [0, 0.1) is 0 Å². The van der Waals surface area contributed by atoms with Gasteiger partial charge in [-0.25, -0.2) is 0 Å². The van der Waals surface area contributed by atoms with Crippen molar-refractivity contribution in [2.75, 3.05) is 25.5 Å². The van der Waals surface area contributed by atoms with Gasteiger partial charge in [-0.05, 0) is 55.8 Å². The summed E-state index contributed by atoms with van der Waals surface area (Å²) in [6, 6.07) is 12.3. The molecule has 0 atom stereocenters. The van der Waals surface area contributed by atoms with Gasteiger partial charge in [0, 0.05) is 24.9 Å². The lowest BCUT2D eigenvalue weighted by Crippen LogP contribution is -2.30. The van der Waals surface area contributed by atoms with E-state index in [-0.39, 0.29) is 11.8 Å². The van der Waals surface area contributed by atoms with Crippen LogP contribution in [-0.4, -0.2) is 36.9 Å². The normalized spacial score (nSPS) is 10.7. The molecule has 0 aliphatic heterocycles. The zero-order valence-electron chi connectivity index (χ0n) is 15.7. The molecule has 27 heavy (non-hydrogen) atoms. The summed E-state index contributed by atoms with van der Waals surface area (Å²) in [6.07, 6.45) is 3.12. The molecule has 0 radical (unpaired) electrons. The van der Waals surface area contributed by atoms with E-state index in [1.54, 1.807) is 36.3 Å². The average molecular weight is 387 g/mol. The van der Waals surface area contributed by atoms with Gasteiger partial charge in [-0.15, -0.1) is 0 Å². The summed E-state index contributed by atoms with van der Waals surface area (Å²) in [6.45, 7) is 5.05. The van der Waals surface area contributed by atoms with Gasteiger partial charge in [-0.2, -0.15) is 0 Å². The Morgan fingerprint density at radius 3 is 2.52 bits per heavy atom. The molecule has 1 N–H and O–H groups in total. The van der Waals surface area contributed by atoms with E-state index < -0.39 is 0 Å². The van der Waals surface area contributed by atoms with Crippen molar-refractivity contribution in [3.63, 3.8) is 0 Å². The van der Waals surface area contributed by atoms with Crippen LogP contribution in [0.3, 0.4) is 0 Å². The highest BCUT2D eigenvalue weighted by molar-refractivity contribution is 6.34. The topological polar surface area (TPSA) is 58.6 Å². The van der Waals surface area contributed by atoms with E-state index in [0.29, 0.717) is 29.4 Å². The Hall–Kier alpha value is -2.79. The number of carbonyl (C=O) groups is 2. The first-order valence-corrected chi connectivity index (χ1v) is 9.08. The van der Waals surface area contributed by atoms with Crippen molar-refractivity contribution in [3.05, 3.63) is 64.7 Å². The summed E-state index contributed by atoms with van der Waals surface area (Å²) < 4.78 is 5.15. The van der Waals surface area contributed by atoms with Gasteiger partial charge in [0.2, 0.25) is 5.91 Å². The number of rotatable bonds is 7. The fraction of sp³-hybridized carbons (Fsp3) is 0.238. The third-order valence-electron chi connectivity index (χ3n) is 4.04. The highest BCUT2D eigenvalue weighted by Crippen LogP contribution is 2.22. The molecule has 0 saturated carbocycles. The molecule has 2 amide bonds. The van der Waals surface area contributed by atoms with Crippen LogP contribution in [0.2, 0.25) is 5.02 Å². The van der Waals surface area contributed by atoms with Gasteiger partial charge in [0.05, 0.1) is 17.7 Å². The third-order valence-corrected chi connectivity index (χ3v) is 4.35. The molecule has 5 nitrogen and oxygen atoms in total. The number of nitrogens with zero attached hydrogens (tertiary/aromatic N) is 1. The average Bonchev–Trinajstić information content (AvgIpc) is 2.67. The fourth-order valence-electron chi connectivity index (χ4n) is 2.55. The zero-order chi connectivity index (χ0) is 19.8. The van der Waals surface area contributed by atoms with E-state index in [2.05, 4.69) is 5.32 Å². The number of hydrogen-bond donors (Lipinski definition) is 1. The summed E-state index contributed by atoms with van der Waals surface area (Å²) in [5.41, 5.74) is 1.80. The minimum atomic E-state index is -0.295. The Kier molecular flexibility index (Phi) is 7.44. The van der Waals surface area contributed by atoms with Crippen LogP contribution in [0.15, 0.2) is 48.5 Å². The van der Waals surface area contributed by atoms with Crippen molar-refractivity contribution < 1.29 is 14.3 Å². The van der Waals surface area contributed by atoms with E-state index in [1.807, 2.05) is 38.1 Å². The van der Waals surface area contributed by atoms with E-state index in [0.717, 1.165) is 11.3 Å². The first-order valence-electron chi connectivity index (χ1n) is 8.70. The minimum absolute atomic E-state index is 0.124. The van der Waals surface area contributed by atoms with Gasteiger partial charge in [0.25, 0.3) is 5.91 Å². The minimum Gasteiger partial charge on any atom is -0.497 e.